The topological polar surface area (TPSA) is 55.1 Å². The van der Waals surface area contributed by atoms with E-state index in [9.17, 15) is 4.79 Å². The van der Waals surface area contributed by atoms with Crippen molar-refractivity contribution < 1.29 is 4.79 Å². The lowest BCUT2D eigenvalue weighted by atomic mass is 10.1. The molecule has 3 N–H and O–H groups in total. The van der Waals surface area contributed by atoms with E-state index in [4.69, 9.17) is 18.0 Å². The van der Waals surface area contributed by atoms with Crippen molar-refractivity contribution >= 4 is 34.5 Å². The number of hydrogen-bond acceptors (Lipinski definition) is 3. The van der Waals surface area contributed by atoms with Gasteiger partial charge in [0.05, 0.1) is 4.88 Å². The van der Waals surface area contributed by atoms with Crippen LogP contribution in [0.5, 0.6) is 0 Å². The average molecular weight is 290 g/mol. The van der Waals surface area contributed by atoms with Gasteiger partial charge in [-0.3, -0.25) is 4.79 Å². The molecule has 0 aliphatic carbocycles. The minimum absolute atomic E-state index is 0.153. The van der Waals surface area contributed by atoms with Crippen molar-refractivity contribution in [3.05, 3.63) is 57.8 Å². The van der Waals surface area contributed by atoms with Gasteiger partial charge in [0.15, 0.2) is 0 Å². The maximum Gasteiger partial charge on any atom is 0.262 e. The molecule has 98 valence electrons. The highest BCUT2D eigenvalue weighted by atomic mass is 32.1. The molecular formula is C14H14N2OS2. The number of amides is 1. The van der Waals surface area contributed by atoms with E-state index in [1.807, 2.05) is 43.3 Å². The Balaban J connectivity index is 2.18. The summed E-state index contributed by atoms with van der Waals surface area (Å²) in [6, 6.07) is 12.8. The lowest BCUT2D eigenvalue weighted by molar-refractivity contribution is 0.0951. The van der Waals surface area contributed by atoms with Gasteiger partial charge in [-0.2, -0.15) is 0 Å². The number of hydrogen-bond donors (Lipinski definition) is 2. The molecule has 2 aromatic rings. The number of thiophene rings is 1. The van der Waals surface area contributed by atoms with E-state index in [2.05, 4.69) is 5.32 Å². The highest BCUT2D eigenvalue weighted by Crippen LogP contribution is 2.18. The fourth-order valence-electron chi connectivity index (χ4n) is 1.72. The summed E-state index contributed by atoms with van der Waals surface area (Å²) in [7, 11) is 0. The zero-order chi connectivity index (χ0) is 13.8. The van der Waals surface area contributed by atoms with Gasteiger partial charge in [-0.15, -0.1) is 11.3 Å². The third-order valence-electron chi connectivity index (χ3n) is 2.66. The van der Waals surface area contributed by atoms with Gasteiger partial charge in [0, 0.05) is 4.88 Å². The standard InChI is InChI=1S/C14H14N2OS2/c1-9-7-8-11(19-9)14(17)16-12(13(15)18)10-5-3-2-4-6-10/h2-8,12H,1H3,(H2,15,18)(H,16,17). The van der Waals surface area contributed by atoms with Crippen molar-refractivity contribution in [3.8, 4) is 0 Å². The third-order valence-corrected chi connectivity index (χ3v) is 3.89. The van der Waals surface area contributed by atoms with Crippen LogP contribution in [-0.4, -0.2) is 10.9 Å². The summed E-state index contributed by atoms with van der Waals surface area (Å²) in [6.45, 7) is 1.96. The highest BCUT2D eigenvalue weighted by Gasteiger charge is 2.18. The second kappa shape index (κ2) is 5.95. The van der Waals surface area contributed by atoms with E-state index in [0.29, 0.717) is 4.88 Å². The van der Waals surface area contributed by atoms with Crippen molar-refractivity contribution in [1.29, 1.82) is 0 Å². The lowest BCUT2D eigenvalue weighted by Gasteiger charge is -2.17. The Labute approximate surface area is 121 Å². The maximum atomic E-state index is 12.1. The molecule has 1 unspecified atom stereocenters. The van der Waals surface area contributed by atoms with E-state index in [0.717, 1.165) is 10.4 Å². The molecule has 0 bridgehead atoms. The monoisotopic (exact) mass is 290 g/mol. The first-order valence-electron chi connectivity index (χ1n) is 5.79. The molecule has 19 heavy (non-hydrogen) atoms. The summed E-state index contributed by atoms with van der Waals surface area (Å²) in [4.78, 5) is 14.1. The second-order valence-corrected chi connectivity index (χ2v) is 5.89. The van der Waals surface area contributed by atoms with Gasteiger partial charge in [0.25, 0.3) is 5.91 Å². The fourth-order valence-corrected chi connectivity index (χ4v) is 2.69. The number of nitrogens with two attached hydrogens (primary N) is 1. The van der Waals surface area contributed by atoms with E-state index in [-0.39, 0.29) is 10.9 Å². The first-order chi connectivity index (χ1) is 9.08. The number of rotatable bonds is 4. The molecule has 2 rings (SSSR count). The molecule has 1 amide bonds. The van der Waals surface area contributed by atoms with Crippen molar-refractivity contribution in [2.24, 2.45) is 5.73 Å². The molecule has 1 atom stereocenters. The molecule has 3 nitrogen and oxygen atoms in total. The molecule has 0 saturated carbocycles. The van der Waals surface area contributed by atoms with Crippen molar-refractivity contribution in [3.63, 3.8) is 0 Å². The molecule has 1 heterocycles. The maximum absolute atomic E-state index is 12.1. The average Bonchev–Trinajstić information content (AvgIpc) is 2.83. The molecule has 1 aromatic carbocycles. The van der Waals surface area contributed by atoms with Crippen LogP contribution >= 0.6 is 23.6 Å². The molecule has 0 aliphatic heterocycles. The molecule has 1 aromatic heterocycles. The summed E-state index contributed by atoms with van der Waals surface area (Å²) < 4.78 is 0. The summed E-state index contributed by atoms with van der Waals surface area (Å²) >= 11 is 6.49. The normalized spacial score (nSPS) is 11.8. The van der Waals surface area contributed by atoms with Crippen LogP contribution in [0.3, 0.4) is 0 Å². The van der Waals surface area contributed by atoms with Crippen molar-refractivity contribution in [2.75, 3.05) is 0 Å². The molecule has 5 heteroatoms. The number of carbonyl (C=O) groups is 1. The zero-order valence-corrected chi connectivity index (χ0v) is 12.1. The van der Waals surface area contributed by atoms with E-state index in [1.54, 1.807) is 6.07 Å². The quantitative estimate of drug-likeness (QED) is 0.851. The summed E-state index contributed by atoms with van der Waals surface area (Å²) in [5.74, 6) is -0.153. The Morgan fingerprint density at radius 2 is 1.95 bits per heavy atom. The van der Waals surface area contributed by atoms with Crippen LogP contribution in [0.1, 0.15) is 26.2 Å². The Hall–Kier alpha value is -1.72. The summed E-state index contributed by atoms with van der Waals surface area (Å²) in [6.07, 6.45) is 0. The van der Waals surface area contributed by atoms with Gasteiger partial charge >= 0.3 is 0 Å². The van der Waals surface area contributed by atoms with E-state index in [1.165, 1.54) is 11.3 Å². The number of thiocarbonyl (C=S) groups is 1. The Morgan fingerprint density at radius 1 is 1.26 bits per heavy atom. The highest BCUT2D eigenvalue weighted by molar-refractivity contribution is 7.80. The van der Waals surface area contributed by atoms with Crippen LogP contribution in [0.25, 0.3) is 0 Å². The van der Waals surface area contributed by atoms with E-state index >= 15 is 0 Å². The Morgan fingerprint density at radius 3 is 2.47 bits per heavy atom. The SMILES string of the molecule is Cc1ccc(C(=O)NC(C(N)=S)c2ccccc2)s1. The van der Waals surface area contributed by atoms with Crippen molar-refractivity contribution in [1.82, 2.24) is 5.32 Å². The lowest BCUT2D eigenvalue weighted by Crippen LogP contribution is -2.36. The molecular weight excluding hydrogens is 276 g/mol. The fraction of sp³-hybridized carbons (Fsp3) is 0.143. The first-order valence-corrected chi connectivity index (χ1v) is 7.02. The molecule has 0 radical (unpaired) electrons. The van der Waals surface area contributed by atoms with Crippen LogP contribution in [0, 0.1) is 6.92 Å². The van der Waals surface area contributed by atoms with Crippen LogP contribution < -0.4 is 11.1 Å². The third kappa shape index (κ3) is 3.39. The smallest absolute Gasteiger partial charge is 0.262 e. The minimum atomic E-state index is -0.439. The van der Waals surface area contributed by atoms with Gasteiger partial charge < -0.3 is 11.1 Å². The van der Waals surface area contributed by atoms with Crippen molar-refractivity contribution in [2.45, 2.75) is 13.0 Å². The van der Waals surface area contributed by atoms with Gasteiger partial charge in [-0.05, 0) is 24.6 Å². The number of aryl methyl sites for hydroxylation is 1. The van der Waals surface area contributed by atoms with Gasteiger partial charge in [-0.25, -0.2) is 0 Å². The van der Waals surface area contributed by atoms with Crippen LogP contribution in [0.2, 0.25) is 0 Å². The number of benzene rings is 1. The Bertz CT molecular complexity index is 593. The molecule has 0 fully saturated rings. The van der Waals surface area contributed by atoms with Gasteiger partial charge in [-0.1, -0.05) is 42.5 Å². The number of carbonyl (C=O) groups excluding carboxylic acids is 1. The summed E-state index contributed by atoms with van der Waals surface area (Å²) in [5, 5.41) is 2.87. The summed E-state index contributed by atoms with van der Waals surface area (Å²) in [5.41, 5.74) is 6.61. The largest absolute Gasteiger partial charge is 0.391 e. The second-order valence-electron chi connectivity index (χ2n) is 4.13. The predicted octanol–water partition coefficient (Wildman–Crippen LogP) is 2.81. The minimum Gasteiger partial charge on any atom is -0.391 e. The molecule has 0 saturated heterocycles. The van der Waals surface area contributed by atoms with E-state index < -0.39 is 6.04 Å². The molecule has 0 aliphatic rings. The van der Waals surface area contributed by atoms with Crippen LogP contribution in [-0.2, 0) is 0 Å². The zero-order valence-electron chi connectivity index (χ0n) is 10.4. The van der Waals surface area contributed by atoms with Gasteiger partial charge in [0.1, 0.15) is 11.0 Å². The number of nitrogens with one attached hydrogen (secondary N) is 1. The molecule has 0 spiro atoms. The van der Waals surface area contributed by atoms with Crippen LogP contribution in [0.4, 0.5) is 0 Å². The Kier molecular flexibility index (Phi) is 4.29. The van der Waals surface area contributed by atoms with Gasteiger partial charge in [0.2, 0.25) is 0 Å². The first kappa shape index (κ1) is 13.7. The van der Waals surface area contributed by atoms with Crippen LogP contribution in [0.15, 0.2) is 42.5 Å². The predicted molar refractivity (Wildman–Crippen MR) is 82.5 cm³/mol.